The summed E-state index contributed by atoms with van der Waals surface area (Å²) in [6, 6.07) is 2.12. The Balaban J connectivity index is 1.58. The fourth-order valence-corrected chi connectivity index (χ4v) is 5.69. The third-order valence-corrected chi connectivity index (χ3v) is 7.57. The van der Waals surface area contributed by atoms with Crippen LogP contribution in [-0.2, 0) is 23.1 Å². The first-order valence-electron chi connectivity index (χ1n) is 12.8. The number of pyridine rings is 1. The molecule has 0 aromatic carbocycles. The number of imidazole rings is 1. The lowest BCUT2D eigenvalue weighted by Crippen LogP contribution is -2.71. The third kappa shape index (κ3) is 5.08. The molecule has 0 unspecified atom stereocenters. The van der Waals surface area contributed by atoms with Crippen LogP contribution in [0.3, 0.4) is 0 Å². The average molecular weight is 496 g/mol. The highest BCUT2D eigenvalue weighted by atomic mass is 16.2. The van der Waals surface area contributed by atoms with Crippen molar-refractivity contribution in [3.63, 3.8) is 0 Å². The molecule has 194 valence electrons. The van der Waals surface area contributed by atoms with Crippen molar-refractivity contribution in [2.24, 2.45) is 18.9 Å². The zero-order valence-electron chi connectivity index (χ0n) is 21.6. The molecule has 3 N–H and O–H groups in total. The summed E-state index contributed by atoms with van der Waals surface area (Å²) in [5, 5.41) is 3.09. The molecule has 10 heteroatoms. The topological polar surface area (TPSA) is 126 Å². The maximum atomic E-state index is 13.7. The third-order valence-electron chi connectivity index (χ3n) is 7.57. The molecule has 4 amide bonds. The molecule has 2 aromatic rings. The first kappa shape index (κ1) is 25.7. The van der Waals surface area contributed by atoms with Crippen LogP contribution in [0.2, 0.25) is 0 Å². The number of aromatic nitrogens is 3. The van der Waals surface area contributed by atoms with Gasteiger partial charge in [0.2, 0.25) is 11.9 Å². The first-order chi connectivity index (χ1) is 17.2. The standard InChI is InChI=1S/C26H37N7O3/c1-5-20(18-9-7-6-8-10-18)30-26(36)33-22(24(35)32(4)25-28-11-12-31(25)3)19(23(33)34)14-17-13-16(2)29-21(27)15-17/h11-13,15,18-20,22H,5-10,14H2,1-4H3,(H2,27,29)(H,30,36)/t19-,20-,22+/m1/s1. The molecular formula is C26H37N7O3. The van der Waals surface area contributed by atoms with Gasteiger partial charge in [0.25, 0.3) is 5.91 Å². The van der Waals surface area contributed by atoms with E-state index in [2.05, 4.69) is 15.3 Å². The lowest BCUT2D eigenvalue weighted by Gasteiger charge is -2.46. The molecule has 3 atom stereocenters. The van der Waals surface area contributed by atoms with Gasteiger partial charge >= 0.3 is 6.03 Å². The summed E-state index contributed by atoms with van der Waals surface area (Å²) >= 11 is 0. The molecular weight excluding hydrogens is 458 g/mol. The number of nitrogens with one attached hydrogen (secondary N) is 1. The molecule has 1 saturated heterocycles. The van der Waals surface area contributed by atoms with Crippen LogP contribution in [0.4, 0.5) is 16.6 Å². The van der Waals surface area contributed by atoms with Crippen LogP contribution < -0.4 is 16.0 Å². The monoisotopic (exact) mass is 495 g/mol. The molecule has 36 heavy (non-hydrogen) atoms. The van der Waals surface area contributed by atoms with Crippen LogP contribution in [0.15, 0.2) is 24.5 Å². The van der Waals surface area contributed by atoms with Gasteiger partial charge in [-0.1, -0.05) is 26.2 Å². The number of likely N-dealkylation sites (tertiary alicyclic amines) is 1. The highest BCUT2D eigenvalue weighted by Gasteiger charge is 2.55. The van der Waals surface area contributed by atoms with Gasteiger partial charge in [0, 0.05) is 38.2 Å². The van der Waals surface area contributed by atoms with E-state index >= 15 is 0 Å². The summed E-state index contributed by atoms with van der Waals surface area (Å²) < 4.78 is 1.72. The number of carbonyl (C=O) groups excluding carboxylic acids is 3. The Labute approximate surface area is 212 Å². The molecule has 1 aliphatic carbocycles. The number of nitrogens with two attached hydrogens (primary N) is 1. The van der Waals surface area contributed by atoms with Crippen molar-refractivity contribution in [3.05, 3.63) is 35.8 Å². The summed E-state index contributed by atoms with van der Waals surface area (Å²) in [5.41, 5.74) is 7.46. The minimum Gasteiger partial charge on any atom is -0.384 e. The molecule has 2 fully saturated rings. The molecule has 0 radical (unpaired) electrons. The Morgan fingerprint density at radius 3 is 2.58 bits per heavy atom. The number of nitrogens with zero attached hydrogens (tertiary/aromatic N) is 5. The van der Waals surface area contributed by atoms with E-state index in [0.717, 1.165) is 48.3 Å². The second kappa shape index (κ2) is 10.7. The Bertz CT molecular complexity index is 1100. The number of nitrogen functional groups attached to an aromatic ring is 1. The van der Waals surface area contributed by atoms with Crippen LogP contribution in [0.1, 0.15) is 56.7 Å². The summed E-state index contributed by atoms with van der Waals surface area (Å²) in [4.78, 5) is 51.4. The van der Waals surface area contributed by atoms with Crippen LogP contribution in [-0.4, -0.2) is 56.4 Å². The van der Waals surface area contributed by atoms with Crippen molar-refractivity contribution >= 4 is 29.6 Å². The normalized spacial score (nSPS) is 21.1. The number of imide groups is 1. The predicted octanol–water partition coefficient (Wildman–Crippen LogP) is 2.81. The lowest BCUT2D eigenvalue weighted by molar-refractivity contribution is -0.156. The van der Waals surface area contributed by atoms with Gasteiger partial charge in [-0.15, -0.1) is 0 Å². The van der Waals surface area contributed by atoms with E-state index in [1.807, 2.05) is 19.9 Å². The van der Waals surface area contributed by atoms with Gasteiger partial charge < -0.3 is 15.6 Å². The summed E-state index contributed by atoms with van der Waals surface area (Å²) in [6.07, 6.45) is 10.1. The number of aryl methyl sites for hydroxylation is 2. The molecule has 0 spiro atoms. The van der Waals surface area contributed by atoms with Gasteiger partial charge in [-0.2, -0.15) is 0 Å². The maximum absolute atomic E-state index is 13.7. The molecule has 2 aromatic heterocycles. The zero-order valence-corrected chi connectivity index (χ0v) is 21.6. The van der Waals surface area contributed by atoms with Crippen molar-refractivity contribution in [2.75, 3.05) is 17.7 Å². The number of β-lactam (4-membered cyclic amide) rings is 1. The van der Waals surface area contributed by atoms with E-state index in [9.17, 15) is 14.4 Å². The molecule has 10 nitrogen and oxygen atoms in total. The van der Waals surface area contributed by atoms with Crippen molar-refractivity contribution in [1.82, 2.24) is 24.8 Å². The minimum atomic E-state index is -0.933. The van der Waals surface area contributed by atoms with E-state index in [0.29, 0.717) is 24.1 Å². The number of hydrogen-bond acceptors (Lipinski definition) is 6. The van der Waals surface area contributed by atoms with Crippen molar-refractivity contribution < 1.29 is 14.4 Å². The molecule has 0 bridgehead atoms. The first-order valence-corrected chi connectivity index (χ1v) is 12.8. The van der Waals surface area contributed by atoms with Crippen LogP contribution in [0, 0.1) is 18.8 Å². The van der Waals surface area contributed by atoms with Gasteiger partial charge in [-0.05, 0) is 56.2 Å². The number of rotatable bonds is 7. The lowest BCUT2D eigenvalue weighted by atomic mass is 9.81. The number of amides is 4. The summed E-state index contributed by atoms with van der Waals surface area (Å²) in [7, 11) is 3.41. The van der Waals surface area contributed by atoms with E-state index in [4.69, 9.17) is 5.73 Å². The highest BCUT2D eigenvalue weighted by molar-refractivity contribution is 6.12. The van der Waals surface area contributed by atoms with Gasteiger partial charge in [0.05, 0.1) is 5.92 Å². The second-order valence-corrected chi connectivity index (χ2v) is 10.1. The van der Waals surface area contributed by atoms with E-state index in [1.165, 1.54) is 11.3 Å². The summed E-state index contributed by atoms with van der Waals surface area (Å²) in [5.74, 6) is -0.193. The minimum absolute atomic E-state index is 0.0182. The Morgan fingerprint density at radius 2 is 1.97 bits per heavy atom. The number of anilines is 2. The van der Waals surface area contributed by atoms with Gasteiger partial charge in [0.15, 0.2) is 0 Å². The molecule has 4 rings (SSSR count). The number of urea groups is 1. The number of carbonyl (C=O) groups is 3. The van der Waals surface area contributed by atoms with Crippen LogP contribution in [0.25, 0.3) is 0 Å². The van der Waals surface area contributed by atoms with Crippen molar-refractivity contribution in [2.45, 2.75) is 70.9 Å². The quantitative estimate of drug-likeness (QED) is 0.569. The maximum Gasteiger partial charge on any atom is 0.325 e. The SMILES string of the molecule is CC[C@@H](NC(=O)N1C(=O)[C@H](Cc2cc(C)nc(N)c2)[C@H]1C(=O)N(C)c1nccn1C)C1CCCCC1. The smallest absolute Gasteiger partial charge is 0.325 e. The molecule has 1 aliphatic heterocycles. The highest BCUT2D eigenvalue weighted by Crippen LogP contribution is 2.34. The van der Waals surface area contributed by atoms with Crippen molar-refractivity contribution in [3.8, 4) is 0 Å². The molecule has 3 heterocycles. The van der Waals surface area contributed by atoms with Crippen LogP contribution in [0.5, 0.6) is 0 Å². The van der Waals surface area contributed by atoms with Crippen molar-refractivity contribution in [1.29, 1.82) is 0 Å². The van der Waals surface area contributed by atoms with Gasteiger partial charge in [0.1, 0.15) is 11.9 Å². The predicted molar refractivity (Wildman–Crippen MR) is 137 cm³/mol. The fourth-order valence-electron chi connectivity index (χ4n) is 5.69. The Morgan fingerprint density at radius 1 is 1.25 bits per heavy atom. The molecule has 1 saturated carbocycles. The van der Waals surface area contributed by atoms with E-state index in [-0.39, 0.29) is 17.9 Å². The second-order valence-electron chi connectivity index (χ2n) is 10.1. The van der Waals surface area contributed by atoms with Crippen LogP contribution >= 0.6 is 0 Å². The molecule has 2 aliphatic rings. The number of likely N-dealkylation sites (N-methyl/N-ethyl adjacent to an activating group) is 1. The Kier molecular flexibility index (Phi) is 7.61. The Hall–Kier alpha value is -3.43. The largest absolute Gasteiger partial charge is 0.384 e. The van der Waals surface area contributed by atoms with E-state index in [1.54, 1.807) is 37.1 Å². The van der Waals surface area contributed by atoms with Gasteiger partial charge in [-0.3, -0.25) is 19.4 Å². The number of hydrogen-bond donors (Lipinski definition) is 2. The average Bonchev–Trinajstić information content (AvgIpc) is 3.28. The van der Waals surface area contributed by atoms with Gasteiger partial charge in [-0.25, -0.2) is 14.8 Å². The zero-order chi connectivity index (χ0) is 26.0. The summed E-state index contributed by atoms with van der Waals surface area (Å²) in [6.45, 7) is 3.88. The van der Waals surface area contributed by atoms with E-state index < -0.39 is 18.0 Å². The fraction of sp³-hybridized carbons (Fsp3) is 0.577.